The summed E-state index contributed by atoms with van der Waals surface area (Å²) in [6, 6.07) is 10.5. The summed E-state index contributed by atoms with van der Waals surface area (Å²) in [4.78, 5) is 14.9. The van der Waals surface area contributed by atoms with Crippen LogP contribution < -0.4 is 16.2 Å². The molecule has 124 valence electrons. The van der Waals surface area contributed by atoms with Crippen LogP contribution in [0.3, 0.4) is 0 Å². The van der Waals surface area contributed by atoms with Crippen LogP contribution in [0.1, 0.15) is 37.3 Å². The van der Waals surface area contributed by atoms with Gasteiger partial charge in [-0.05, 0) is 43.2 Å². The number of hydrogen-bond acceptors (Lipinski definition) is 4. The van der Waals surface area contributed by atoms with Crippen molar-refractivity contribution in [3.05, 3.63) is 35.9 Å². The third kappa shape index (κ3) is 3.01. The van der Waals surface area contributed by atoms with Crippen LogP contribution in [0.5, 0.6) is 0 Å². The van der Waals surface area contributed by atoms with E-state index in [2.05, 4.69) is 33.2 Å². The van der Waals surface area contributed by atoms with Gasteiger partial charge in [0.15, 0.2) is 0 Å². The second kappa shape index (κ2) is 6.23. The Morgan fingerprint density at radius 2 is 1.87 bits per heavy atom. The first-order valence-corrected chi connectivity index (χ1v) is 8.81. The number of likely N-dealkylation sites (tertiary alicyclic amines) is 1. The third-order valence-corrected chi connectivity index (χ3v) is 5.87. The summed E-state index contributed by atoms with van der Waals surface area (Å²) in [6.45, 7) is 4.10. The van der Waals surface area contributed by atoms with Gasteiger partial charge in [-0.25, -0.2) is 10.9 Å². The minimum atomic E-state index is -0.101. The van der Waals surface area contributed by atoms with E-state index in [9.17, 15) is 4.79 Å². The summed E-state index contributed by atoms with van der Waals surface area (Å²) in [7, 11) is 0. The Kier molecular flexibility index (Phi) is 4.09. The van der Waals surface area contributed by atoms with Crippen molar-refractivity contribution < 1.29 is 4.79 Å². The minimum Gasteiger partial charge on any atom is -0.341 e. The van der Waals surface area contributed by atoms with E-state index in [1.54, 1.807) is 0 Å². The molecule has 1 amide bonds. The Balaban J connectivity index is 1.34. The first-order chi connectivity index (χ1) is 11.3. The maximum Gasteiger partial charge on any atom is 0.241 e. The summed E-state index contributed by atoms with van der Waals surface area (Å²) < 4.78 is 0. The van der Waals surface area contributed by atoms with Crippen molar-refractivity contribution in [2.45, 2.75) is 37.8 Å². The fourth-order valence-electron chi connectivity index (χ4n) is 4.27. The van der Waals surface area contributed by atoms with Gasteiger partial charge in [0, 0.05) is 25.7 Å². The monoisotopic (exact) mass is 314 g/mol. The van der Waals surface area contributed by atoms with Crippen LogP contribution in [0, 0.1) is 5.41 Å². The smallest absolute Gasteiger partial charge is 0.241 e. The molecular formula is C18H26N4O. The van der Waals surface area contributed by atoms with Crippen LogP contribution in [-0.2, 0) is 4.79 Å². The second-order valence-corrected chi connectivity index (χ2v) is 7.29. The van der Waals surface area contributed by atoms with Gasteiger partial charge in [0.25, 0.3) is 0 Å². The molecule has 3 saturated heterocycles. The van der Waals surface area contributed by atoms with E-state index in [4.69, 9.17) is 0 Å². The van der Waals surface area contributed by atoms with Crippen molar-refractivity contribution in [2.24, 2.45) is 5.41 Å². The average Bonchev–Trinajstić information content (AvgIpc) is 3.26. The quantitative estimate of drug-likeness (QED) is 0.768. The van der Waals surface area contributed by atoms with Crippen LogP contribution in [0.2, 0.25) is 0 Å². The van der Waals surface area contributed by atoms with Crippen molar-refractivity contribution >= 4 is 5.91 Å². The standard InChI is InChI=1S/C18H26N4O/c23-17(22-10-7-18(8-11-22)6-9-19-13-18)16-12-15(20-21-16)14-4-2-1-3-5-14/h1-5,15-16,19-21H,6-13H2. The highest BCUT2D eigenvalue weighted by Crippen LogP contribution is 2.37. The zero-order valence-electron chi connectivity index (χ0n) is 13.6. The molecule has 3 heterocycles. The van der Waals surface area contributed by atoms with Gasteiger partial charge in [-0.2, -0.15) is 0 Å². The molecule has 0 bridgehead atoms. The summed E-state index contributed by atoms with van der Waals surface area (Å²) >= 11 is 0. The lowest BCUT2D eigenvalue weighted by molar-refractivity contribution is -0.135. The number of rotatable bonds is 2. The number of hydrogen-bond donors (Lipinski definition) is 3. The number of piperidine rings is 1. The van der Waals surface area contributed by atoms with Gasteiger partial charge in [-0.15, -0.1) is 0 Å². The Morgan fingerprint density at radius 3 is 2.57 bits per heavy atom. The van der Waals surface area contributed by atoms with Crippen LogP contribution in [0.4, 0.5) is 0 Å². The maximum absolute atomic E-state index is 12.8. The second-order valence-electron chi connectivity index (χ2n) is 7.29. The molecule has 23 heavy (non-hydrogen) atoms. The Morgan fingerprint density at radius 1 is 1.09 bits per heavy atom. The van der Waals surface area contributed by atoms with Crippen LogP contribution >= 0.6 is 0 Å². The highest BCUT2D eigenvalue weighted by atomic mass is 16.2. The number of carbonyl (C=O) groups excluding carboxylic acids is 1. The predicted octanol–water partition coefficient (Wildman–Crippen LogP) is 1.20. The van der Waals surface area contributed by atoms with E-state index in [1.165, 1.54) is 12.0 Å². The van der Waals surface area contributed by atoms with Crippen molar-refractivity contribution in [2.75, 3.05) is 26.2 Å². The van der Waals surface area contributed by atoms with E-state index in [0.29, 0.717) is 5.41 Å². The van der Waals surface area contributed by atoms with Gasteiger partial charge in [-0.1, -0.05) is 30.3 Å². The Labute approximate surface area is 137 Å². The largest absolute Gasteiger partial charge is 0.341 e. The topological polar surface area (TPSA) is 56.4 Å². The van der Waals surface area contributed by atoms with Gasteiger partial charge in [-0.3, -0.25) is 4.79 Å². The number of amides is 1. The van der Waals surface area contributed by atoms with Gasteiger partial charge in [0.1, 0.15) is 6.04 Å². The van der Waals surface area contributed by atoms with E-state index in [-0.39, 0.29) is 18.0 Å². The van der Waals surface area contributed by atoms with E-state index >= 15 is 0 Å². The molecule has 1 aromatic rings. The molecule has 3 aliphatic heterocycles. The number of nitrogens with zero attached hydrogens (tertiary/aromatic N) is 1. The third-order valence-electron chi connectivity index (χ3n) is 5.87. The predicted molar refractivity (Wildman–Crippen MR) is 89.6 cm³/mol. The van der Waals surface area contributed by atoms with Crippen molar-refractivity contribution in [3.8, 4) is 0 Å². The zero-order valence-corrected chi connectivity index (χ0v) is 13.6. The number of nitrogens with one attached hydrogen (secondary N) is 3. The number of benzene rings is 1. The molecule has 4 rings (SSSR count). The van der Waals surface area contributed by atoms with E-state index < -0.39 is 0 Å². The highest BCUT2D eigenvalue weighted by Gasteiger charge is 2.40. The summed E-state index contributed by atoms with van der Waals surface area (Å²) in [5.74, 6) is 0.261. The van der Waals surface area contributed by atoms with Gasteiger partial charge >= 0.3 is 0 Å². The molecule has 1 aromatic carbocycles. The lowest BCUT2D eigenvalue weighted by atomic mass is 9.77. The van der Waals surface area contributed by atoms with E-state index in [0.717, 1.165) is 45.4 Å². The molecule has 5 nitrogen and oxygen atoms in total. The minimum absolute atomic E-state index is 0.101. The molecule has 3 fully saturated rings. The molecule has 1 spiro atoms. The zero-order chi connectivity index (χ0) is 15.7. The molecule has 3 N–H and O–H groups in total. The molecule has 2 atom stereocenters. The summed E-state index contributed by atoms with van der Waals surface area (Å²) in [6.07, 6.45) is 4.39. The number of carbonyl (C=O) groups is 1. The molecule has 0 aromatic heterocycles. The number of hydrazine groups is 1. The van der Waals surface area contributed by atoms with Gasteiger partial charge in [0.2, 0.25) is 5.91 Å². The van der Waals surface area contributed by atoms with Crippen LogP contribution in [-0.4, -0.2) is 43.0 Å². The Hall–Kier alpha value is -1.43. The van der Waals surface area contributed by atoms with Crippen molar-refractivity contribution in [1.29, 1.82) is 0 Å². The Bertz CT molecular complexity index is 545. The van der Waals surface area contributed by atoms with Crippen molar-refractivity contribution in [3.63, 3.8) is 0 Å². The first kappa shape index (κ1) is 15.1. The SMILES string of the molecule is O=C(C1CC(c2ccccc2)NN1)N1CCC2(CCNC2)CC1. The normalized spacial score (nSPS) is 30.0. The van der Waals surface area contributed by atoms with Crippen molar-refractivity contribution in [1.82, 2.24) is 21.1 Å². The molecule has 0 radical (unpaired) electrons. The lowest BCUT2D eigenvalue weighted by Gasteiger charge is -2.39. The van der Waals surface area contributed by atoms with Crippen LogP contribution in [0.15, 0.2) is 30.3 Å². The average molecular weight is 314 g/mol. The molecule has 0 aliphatic carbocycles. The molecule has 2 unspecified atom stereocenters. The first-order valence-electron chi connectivity index (χ1n) is 8.81. The summed E-state index contributed by atoms with van der Waals surface area (Å²) in [5, 5.41) is 3.48. The van der Waals surface area contributed by atoms with Gasteiger partial charge in [0.05, 0.1) is 0 Å². The lowest BCUT2D eigenvalue weighted by Crippen LogP contribution is -2.50. The fourth-order valence-corrected chi connectivity index (χ4v) is 4.27. The highest BCUT2D eigenvalue weighted by molar-refractivity contribution is 5.82. The van der Waals surface area contributed by atoms with Crippen LogP contribution in [0.25, 0.3) is 0 Å². The maximum atomic E-state index is 12.8. The molecule has 0 saturated carbocycles. The summed E-state index contributed by atoms with van der Waals surface area (Å²) in [5.41, 5.74) is 8.20. The molecule has 3 aliphatic rings. The van der Waals surface area contributed by atoms with E-state index in [1.807, 2.05) is 18.2 Å². The molecule has 5 heteroatoms. The fraction of sp³-hybridized carbons (Fsp3) is 0.611. The van der Waals surface area contributed by atoms with Gasteiger partial charge < -0.3 is 10.2 Å². The molecular weight excluding hydrogens is 288 g/mol.